The lowest BCUT2D eigenvalue weighted by atomic mass is 10.1. The molecule has 0 atom stereocenters. The van der Waals surface area contributed by atoms with E-state index < -0.39 is 10.0 Å². The van der Waals surface area contributed by atoms with Gasteiger partial charge in [-0.1, -0.05) is 24.3 Å². The van der Waals surface area contributed by atoms with Crippen molar-refractivity contribution < 1.29 is 8.42 Å². The molecular formula is C12H17N5O2S. The molecule has 108 valence electrons. The summed E-state index contributed by atoms with van der Waals surface area (Å²) in [6.45, 7) is 0.390. The first-order valence-electron chi connectivity index (χ1n) is 6.09. The number of nitrogens with one attached hydrogen (secondary N) is 1. The zero-order valence-electron chi connectivity index (χ0n) is 11.2. The molecule has 0 aliphatic carbocycles. The highest BCUT2D eigenvalue weighted by molar-refractivity contribution is 7.88. The van der Waals surface area contributed by atoms with E-state index in [-0.39, 0.29) is 12.3 Å². The Labute approximate surface area is 117 Å². The van der Waals surface area contributed by atoms with Crippen molar-refractivity contribution in [1.29, 1.82) is 0 Å². The Morgan fingerprint density at radius 1 is 1.30 bits per heavy atom. The minimum Gasteiger partial charge on any atom is -0.326 e. The van der Waals surface area contributed by atoms with E-state index in [1.54, 1.807) is 19.2 Å². The third-order valence-corrected chi connectivity index (χ3v) is 4.06. The number of nitrogens with zero attached hydrogens (tertiary/aromatic N) is 3. The number of hydrogen-bond acceptors (Lipinski definition) is 5. The second-order valence-electron chi connectivity index (χ2n) is 4.39. The van der Waals surface area contributed by atoms with Gasteiger partial charge in [-0.25, -0.2) is 18.1 Å². The van der Waals surface area contributed by atoms with Crippen LogP contribution in [0.2, 0.25) is 0 Å². The first-order valence-corrected chi connectivity index (χ1v) is 7.74. The second-order valence-corrected chi connectivity index (χ2v) is 6.19. The van der Waals surface area contributed by atoms with Crippen LogP contribution in [0.1, 0.15) is 17.0 Å². The average Bonchev–Trinajstić information content (AvgIpc) is 2.83. The van der Waals surface area contributed by atoms with Gasteiger partial charge in [0.2, 0.25) is 10.0 Å². The fourth-order valence-corrected chi connectivity index (χ4v) is 2.93. The van der Waals surface area contributed by atoms with Gasteiger partial charge < -0.3 is 5.73 Å². The maximum Gasteiger partial charge on any atom is 0.216 e. The maximum absolute atomic E-state index is 12.0. The Morgan fingerprint density at radius 2 is 2.00 bits per heavy atom. The van der Waals surface area contributed by atoms with Crippen molar-refractivity contribution in [2.24, 2.45) is 12.8 Å². The lowest BCUT2D eigenvalue weighted by molar-refractivity contribution is 0.577. The molecule has 7 nitrogen and oxygen atoms in total. The highest BCUT2D eigenvalue weighted by Gasteiger charge is 2.14. The molecule has 0 aliphatic rings. The summed E-state index contributed by atoms with van der Waals surface area (Å²) in [5.41, 5.74) is 7.13. The highest BCUT2D eigenvalue weighted by Crippen LogP contribution is 2.11. The molecule has 0 amide bonds. The van der Waals surface area contributed by atoms with Gasteiger partial charge in [0.25, 0.3) is 0 Å². The Kier molecular flexibility index (Phi) is 4.48. The van der Waals surface area contributed by atoms with E-state index in [2.05, 4.69) is 14.8 Å². The molecule has 0 radical (unpaired) electrons. The largest absolute Gasteiger partial charge is 0.326 e. The average molecular weight is 295 g/mol. The van der Waals surface area contributed by atoms with Gasteiger partial charge in [-0.3, -0.25) is 4.68 Å². The highest BCUT2D eigenvalue weighted by atomic mass is 32.2. The molecule has 0 fully saturated rings. The third kappa shape index (κ3) is 3.86. The Balaban J connectivity index is 2.03. The summed E-state index contributed by atoms with van der Waals surface area (Å²) in [7, 11) is -1.73. The molecule has 20 heavy (non-hydrogen) atoms. The first kappa shape index (κ1) is 14.6. The third-order valence-electron chi connectivity index (χ3n) is 2.78. The maximum atomic E-state index is 12.0. The van der Waals surface area contributed by atoms with Crippen molar-refractivity contribution in [3.05, 3.63) is 47.5 Å². The van der Waals surface area contributed by atoms with Crippen LogP contribution in [0.3, 0.4) is 0 Å². The molecule has 0 bridgehead atoms. The van der Waals surface area contributed by atoms with Crippen LogP contribution >= 0.6 is 0 Å². The fraction of sp³-hybridized carbons (Fsp3) is 0.333. The van der Waals surface area contributed by atoms with Crippen LogP contribution in [0.5, 0.6) is 0 Å². The Bertz CT molecular complexity index is 681. The molecule has 3 N–H and O–H groups in total. The molecule has 1 heterocycles. The predicted molar refractivity (Wildman–Crippen MR) is 74.8 cm³/mol. The van der Waals surface area contributed by atoms with Crippen molar-refractivity contribution >= 4 is 10.0 Å². The molecular weight excluding hydrogens is 278 g/mol. The summed E-state index contributed by atoms with van der Waals surface area (Å²) < 4.78 is 28.1. The number of nitrogens with two attached hydrogens (primary N) is 1. The molecule has 0 saturated heterocycles. The van der Waals surface area contributed by atoms with Gasteiger partial charge in [0, 0.05) is 13.6 Å². The zero-order valence-corrected chi connectivity index (χ0v) is 12.0. The van der Waals surface area contributed by atoms with Gasteiger partial charge in [-0.2, -0.15) is 5.10 Å². The van der Waals surface area contributed by atoms with E-state index in [0.717, 1.165) is 5.56 Å². The quantitative estimate of drug-likeness (QED) is 0.774. The van der Waals surface area contributed by atoms with Crippen molar-refractivity contribution in [2.75, 3.05) is 0 Å². The second kappa shape index (κ2) is 6.12. The van der Waals surface area contributed by atoms with E-state index in [4.69, 9.17) is 5.73 Å². The zero-order chi connectivity index (χ0) is 14.6. The minimum atomic E-state index is -3.45. The number of aryl methyl sites for hydroxylation is 1. The van der Waals surface area contributed by atoms with Gasteiger partial charge in [0.1, 0.15) is 6.33 Å². The molecule has 0 aliphatic heterocycles. The number of sulfonamides is 1. The van der Waals surface area contributed by atoms with Crippen LogP contribution in [0.4, 0.5) is 0 Å². The summed E-state index contributed by atoms with van der Waals surface area (Å²) in [5, 5.41) is 4.01. The van der Waals surface area contributed by atoms with Crippen molar-refractivity contribution in [3.63, 3.8) is 0 Å². The van der Waals surface area contributed by atoms with Crippen LogP contribution in [-0.2, 0) is 35.9 Å². The summed E-state index contributed by atoms with van der Waals surface area (Å²) in [5.74, 6) is 0.330. The van der Waals surface area contributed by atoms with E-state index in [9.17, 15) is 8.42 Å². The lowest BCUT2D eigenvalue weighted by Gasteiger charge is -2.08. The smallest absolute Gasteiger partial charge is 0.216 e. The van der Waals surface area contributed by atoms with Gasteiger partial charge in [-0.15, -0.1) is 0 Å². The van der Waals surface area contributed by atoms with Gasteiger partial charge in [0.05, 0.1) is 12.3 Å². The van der Waals surface area contributed by atoms with Crippen molar-refractivity contribution in [3.8, 4) is 0 Å². The van der Waals surface area contributed by atoms with Gasteiger partial charge in [-0.05, 0) is 11.1 Å². The summed E-state index contributed by atoms with van der Waals surface area (Å²) in [6.07, 6.45) is 1.52. The molecule has 8 heteroatoms. The Hall–Kier alpha value is -1.77. The summed E-state index contributed by atoms with van der Waals surface area (Å²) >= 11 is 0. The standard InChI is InChI=1S/C12H17N5O2S/c1-17-9-14-12(16-17)7-15-20(18,19)8-11-5-3-2-4-10(11)6-13/h2-5,9,15H,6-8,13H2,1H3. The van der Waals surface area contributed by atoms with Crippen LogP contribution in [0, 0.1) is 0 Å². The molecule has 2 rings (SSSR count). The van der Waals surface area contributed by atoms with Gasteiger partial charge >= 0.3 is 0 Å². The molecule has 0 saturated carbocycles. The SMILES string of the molecule is Cn1cnc(CNS(=O)(=O)Cc2ccccc2CN)n1. The van der Waals surface area contributed by atoms with E-state index in [1.165, 1.54) is 11.0 Å². The van der Waals surface area contributed by atoms with Crippen LogP contribution in [0.15, 0.2) is 30.6 Å². The molecule has 1 aromatic carbocycles. The molecule has 0 unspecified atom stereocenters. The predicted octanol–water partition coefficient (Wildman–Crippen LogP) is -0.107. The monoisotopic (exact) mass is 295 g/mol. The lowest BCUT2D eigenvalue weighted by Crippen LogP contribution is -2.26. The summed E-state index contributed by atoms with van der Waals surface area (Å²) in [6, 6.07) is 7.22. The van der Waals surface area contributed by atoms with Crippen LogP contribution in [-0.4, -0.2) is 23.2 Å². The topological polar surface area (TPSA) is 103 Å². The van der Waals surface area contributed by atoms with E-state index in [1.807, 2.05) is 12.1 Å². The molecule has 2 aromatic rings. The summed E-state index contributed by atoms with van der Waals surface area (Å²) in [4.78, 5) is 3.96. The van der Waals surface area contributed by atoms with Crippen LogP contribution < -0.4 is 10.5 Å². The number of hydrogen-bond donors (Lipinski definition) is 2. The number of benzene rings is 1. The first-order chi connectivity index (χ1) is 9.50. The minimum absolute atomic E-state index is 0.0773. The number of rotatable bonds is 6. The molecule has 0 spiro atoms. The number of aromatic nitrogens is 3. The fourth-order valence-electron chi connectivity index (χ4n) is 1.79. The van der Waals surface area contributed by atoms with E-state index in [0.29, 0.717) is 17.9 Å². The van der Waals surface area contributed by atoms with E-state index >= 15 is 0 Å². The van der Waals surface area contributed by atoms with Crippen LogP contribution in [0.25, 0.3) is 0 Å². The van der Waals surface area contributed by atoms with Crippen molar-refractivity contribution in [1.82, 2.24) is 19.5 Å². The molecule has 1 aromatic heterocycles. The van der Waals surface area contributed by atoms with Gasteiger partial charge in [0.15, 0.2) is 5.82 Å². The normalized spacial score (nSPS) is 11.7. The Morgan fingerprint density at radius 3 is 2.60 bits per heavy atom. The van der Waals surface area contributed by atoms with Crippen molar-refractivity contribution in [2.45, 2.75) is 18.8 Å².